The third kappa shape index (κ3) is 5.70. The van der Waals surface area contributed by atoms with Crippen molar-refractivity contribution in [3.63, 3.8) is 0 Å². The average molecular weight is 490 g/mol. The first-order valence-electron chi connectivity index (χ1n) is 11.1. The number of halogens is 3. The molecule has 2 aromatic heterocycles. The first-order valence-corrected chi connectivity index (χ1v) is 11.1. The number of nitrogens with zero attached hydrogens (tertiary/aromatic N) is 4. The molecule has 0 spiro atoms. The summed E-state index contributed by atoms with van der Waals surface area (Å²) in [4.78, 5) is 21.3. The SMILES string of the molecule is COc1cc(Nc2nccc(-c3cc(C(=O)N[C@H]4CCCC[C@H]4N)n(C)n3)n2)cc(C(F)(F)F)c1. The number of anilines is 2. The quantitative estimate of drug-likeness (QED) is 0.483. The zero-order chi connectivity index (χ0) is 25.2. The molecule has 1 aromatic carbocycles. The van der Waals surface area contributed by atoms with Gasteiger partial charge in [0.1, 0.15) is 17.1 Å². The minimum absolute atomic E-state index is 0.0385. The van der Waals surface area contributed by atoms with Gasteiger partial charge in [0.25, 0.3) is 5.91 Å². The number of alkyl halides is 3. The Hall–Kier alpha value is -3.67. The summed E-state index contributed by atoms with van der Waals surface area (Å²) in [6, 6.07) is 6.28. The Labute approximate surface area is 199 Å². The van der Waals surface area contributed by atoms with Crippen LogP contribution >= 0.6 is 0 Å². The van der Waals surface area contributed by atoms with Crippen molar-refractivity contribution in [1.29, 1.82) is 0 Å². The Bertz CT molecular complexity index is 1210. The number of aromatic nitrogens is 4. The molecule has 9 nitrogen and oxygen atoms in total. The fraction of sp³-hybridized carbons (Fsp3) is 0.391. The Morgan fingerprint density at radius 3 is 2.66 bits per heavy atom. The molecular weight excluding hydrogens is 463 g/mol. The zero-order valence-electron chi connectivity index (χ0n) is 19.3. The Balaban J connectivity index is 1.54. The molecule has 4 N–H and O–H groups in total. The van der Waals surface area contributed by atoms with Gasteiger partial charge in [-0.25, -0.2) is 9.97 Å². The number of methoxy groups -OCH3 is 1. The van der Waals surface area contributed by atoms with E-state index in [-0.39, 0.29) is 35.4 Å². The second-order valence-electron chi connectivity index (χ2n) is 8.41. The van der Waals surface area contributed by atoms with Crippen LogP contribution in [0.5, 0.6) is 5.75 Å². The van der Waals surface area contributed by atoms with E-state index in [4.69, 9.17) is 10.5 Å². The summed E-state index contributed by atoms with van der Waals surface area (Å²) >= 11 is 0. The van der Waals surface area contributed by atoms with Crippen LogP contribution in [0.2, 0.25) is 0 Å². The van der Waals surface area contributed by atoms with Crippen LogP contribution < -0.4 is 21.1 Å². The van der Waals surface area contributed by atoms with Crippen LogP contribution in [0.1, 0.15) is 41.7 Å². The van der Waals surface area contributed by atoms with Crippen LogP contribution in [-0.2, 0) is 13.2 Å². The highest BCUT2D eigenvalue weighted by Gasteiger charge is 2.31. The molecule has 0 saturated heterocycles. The van der Waals surface area contributed by atoms with E-state index in [0.29, 0.717) is 17.1 Å². The smallest absolute Gasteiger partial charge is 0.416 e. The highest BCUT2D eigenvalue weighted by Crippen LogP contribution is 2.34. The maximum atomic E-state index is 13.2. The highest BCUT2D eigenvalue weighted by atomic mass is 19.4. The summed E-state index contributed by atoms with van der Waals surface area (Å²) in [5.74, 6) is -0.178. The van der Waals surface area contributed by atoms with Gasteiger partial charge in [-0.2, -0.15) is 18.3 Å². The molecule has 0 aliphatic heterocycles. The van der Waals surface area contributed by atoms with Gasteiger partial charge < -0.3 is 21.1 Å². The second-order valence-corrected chi connectivity index (χ2v) is 8.41. The molecule has 1 aliphatic rings. The summed E-state index contributed by atoms with van der Waals surface area (Å²) in [6.07, 6.45) is 0.685. The van der Waals surface area contributed by atoms with Crippen LogP contribution in [0.3, 0.4) is 0 Å². The van der Waals surface area contributed by atoms with Crippen molar-refractivity contribution in [2.24, 2.45) is 12.8 Å². The summed E-state index contributed by atoms with van der Waals surface area (Å²) in [7, 11) is 2.93. The fourth-order valence-electron chi connectivity index (χ4n) is 4.03. The average Bonchev–Trinajstić information content (AvgIpc) is 3.22. The van der Waals surface area contributed by atoms with E-state index in [1.165, 1.54) is 24.1 Å². The highest BCUT2D eigenvalue weighted by molar-refractivity contribution is 5.93. The molecule has 35 heavy (non-hydrogen) atoms. The number of rotatable bonds is 6. The predicted molar refractivity (Wildman–Crippen MR) is 123 cm³/mol. The number of carbonyl (C=O) groups excluding carboxylic acids is 1. The van der Waals surface area contributed by atoms with E-state index in [2.05, 4.69) is 25.7 Å². The van der Waals surface area contributed by atoms with Crippen LogP contribution in [0.15, 0.2) is 36.5 Å². The maximum Gasteiger partial charge on any atom is 0.416 e. The number of nitrogens with two attached hydrogens (primary N) is 1. The molecule has 186 valence electrons. The van der Waals surface area contributed by atoms with Gasteiger partial charge in [0.2, 0.25) is 5.95 Å². The number of nitrogens with one attached hydrogen (secondary N) is 2. The van der Waals surface area contributed by atoms with E-state index in [0.717, 1.165) is 37.8 Å². The van der Waals surface area contributed by atoms with Crippen LogP contribution in [0.25, 0.3) is 11.4 Å². The van der Waals surface area contributed by atoms with E-state index in [1.54, 1.807) is 19.2 Å². The number of aryl methyl sites for hydroxylation is 1. The van der Waals surface area contributed by atoms with Gasteiger partial charge >= 0.3 is 6.18 Å². The zero-order valence-corrected chi connectivity index (χ0v) is 19.3. The van der Waals surface area contributed by atoms with Crippen LogP contribution in [-0.4, -0.2) is 44.8 Å². The number of hydrogen-bond donors (Lipinski definition) is 3. The second kappa shape index (κ2) is 9.90. The molecule has 1 amide bonds. The van der Waals surface area contributed by atoms with Crippen molar-refractivity contribution >= 4 is 17.5 Å². The molecule has 2 atom stereocenters. The normalized spacial score (nSPS) is 18.2. The molecule has 2 heterocycles. The Morgan fingerprint density at radius 1 is 1.17 bits per heavy atom. The predicted octanol–water partition coefficient (Wildman–Crippen LogP) is 3.65. The summed E-state index contributed by atoms with van der Waals surface area (Å²) in [6.45, 7) is 0. The largest absolute Gasteiger partial charge is 0.497 e. The minimum atomic E-state index is -4.54. The number of hydrogen-bond acceptors (Lipinski definition) is 7. The third-order valence-electron chi connectivity index (χ3n) is 5.89. The summed E-state index contributed by atoms with van der Waals surface area (Å²) in [5, 5.41) is 10.1. The van der Waals surface area contributed by atoms with Gasteiger partial charge in [0, 0.05) is 37.1 Å². The van der Waals surface area contributed by atoms with Crippen LogP contribution in [0, 0.1) is 0 Å². The lowest BCUT2D eigenvalue weighted by Gasteiger charge is -2.29. The lowest BCUT2D eigenvalue weighted by Crippen LogP contribution is -2.49. The molecule has 0 unspecified atom stereocenters. The summed E-state index contributed by atoms with van der Waals surface area (Å²) in [5.41, 5.74) is 6.53. The number of amides is 1. The third-order valence-corrected chi connectivity index (χ3v) is 5.89. The first kappa shape index (κ1) is 24.5. The summed E-state index contributed by atoms with van der Waals surface area (Å²) < 4.78 is 46.1. The van der Waals surface area contributed by atoms with Crippen molar-refractivity contribution in [2.45, 2.75) is 43.9 Å². The van der Waals surface area contributed by atoms with E-state index < -0.39 is 11.7 Å². The number of carbonyl (C=O) groups is 1. The maximum absolute atomic E-state index is 13.2. The van der Waals surface area contributed by atoms with Crippen molar-refractivity contribution in [2.75, 3.05) is 12.4 Å². The first-order chi connectivity index (χ1) is 16.6. The molecule has 1 aliphatic carbocycles. The van der Waals surface area contributed by atoms with Crippen molar-refractivity contribution in [3.8, 4) is 17.1 Å². The molecule has 0 radical (unpaired) electrons. The van der Waals surface area contributed by atoms with Gasteiger partial charge in [-0.15, -0.1) is 0 Å². The standard InChI is InChI=1S/C23H26F3N7O2/c1-33-20(21(34)30-17-6-4-3-5-16(17)27)12-19(32-33)18-7-8-28-22(31-18)29-14-9-13(23(24,25)26)10-15(11-14)35-2/h7-12,16-17H,3-6,27H2,1-2H3,(H,30,34)(H,28,29,31)/t16-,17+/m1/s1. The van der Waals surface area contributed by atoms with Gasteiger partial charge in [0.05, 0.1) is 18.4 Å². The Morgan fingerprint density at radius 2 is 1.94 bits per heavy atom. The molecule has 0 bridgehead atoms. The topological polar surface area (TPSA) is 120 Å². The van der Waals surface area contributed by atoms with Gasteiger partial charge in [-0.3, -0.25) is 9.48 Å². The molecular formula is C23H26F3N7O2. The minimum Gasteiger partial charge on any atom is -0.497 e. The van der Waals surface area contributed by atoms with Gasteiger partial charge in [-0.1, -0.05) is 12.8 Å². The van der Waals surface area contributed by atoms with Crippen molar-refractivity contribution in [1.82, 2.24) is 25.1 Å². The Kier molecular flexibility index (Phi) is 6.92. The molecule has 1 fully saturated rings. The monoisotopic (exact) mass is 489 g/mol. The van der Waals surface area contributed by atoms with E-state index in [9.17, 15) is 18.0 Å². The van der Waals surface area contributed by atoms with E-state index in [1.807, 2.05) is 0 Å². The molecule has 3 aromatic rings. The van der Waals surface area contributed by atoms with Gasteiger partial charge in [-0.05, 0) is 37.1 Å². The lowest BCUT2D eigenvalue weighted by atomic mass is 9.91. The lowest BCUT2D eigenvalue weighted by molar-refractivity contribution is -0.137. The molecule has 12 heteroatoms. The van der Waals surface area contributed by atoms with Crippen molar-refractivity contribution < 1.29 is 22.7 Å². The van der Waals surface area contributed by atoms with E-state index >= 15 is 0 Å². The number of ether oxygens (including phenoxy) is 1. The van der Waals surface area contributed by atoms with Gasteiger partial charge in [0.15, 0.2) is 0 Å². The molecule has 4 rings (SSSR count). The van der Waals surface area contributed by atoms with Crippen molar-refractivity contribution in [3.05, 3.63) is 47.8 Å². The molecule has 1 saturated carbocycles. The number of benzene rings is 1. The fourth-order valence-corrected chi connectivity index (χ4v) is 4.03. The van der Waals surface area contributed by atoms with Crippen LogP contribution in [0.4, 0.5) is 24.8 Å².